The van der Waals surface area contributed by atoms with Crippen LogP contribution in [0.3, 0.4) is 0 Å². The smallest absolute Gasteiger partial charge is 0.314 e. The molecule has 1 heterocycles. The van der Waals surface area contributed by atoms with Gasteiger partial charge in [-0.2, -0.15) is 0 Å². The Morgan fingerprint density at radius 2 is 1.96 bits per heavy atom. The number of rotatable bonds is 8. The fourth-order valence-electron chi connectivity index (χ4n) is 2.68. The number of hydrogen-bond donors (Lipinski definition) is 2. The number of amides is 2. The number of carbonyl (C=O) groups is 1. The molecule has 0 saturated heterocycles. The van der Waals surface area contributed by atoms with E-state index in [9.17, 15) is 9.59 Å². The Hall–Kier alpha value is -2.83. The third-order valence-corrected chi connectivity index (χ3v) is 4.39. The molecule has 1 aromatic heterocycles. The molecule has 2 amide bonds. The van der Waals surface area contributed by atoms with E-state index in [0.717, 1.165) is 36.3 Å². The average Bonchev–Trinajstić information content (AvgIpc) is 3.49. The highest BCUT2D eigenvalue weighted by atomic mass is 16.5. The molecule has 0 atom stereocenters. The normalized spacial score (nSPS) is 13.3. The van der Waals surface area contributed by atoms with Crippen LogP contribution in [0, 0.1) is 0 Å². The lowest BCUT2D eigenvalue weighted by Crippen LogP contribution is -2.39. The van der Waals surface area contributed by atoms with Crippen LogP contribution in [-0.4, -0.2) is 35.8 Å². The van der Waals surface area contributed by atoms with Crippen LogP contribution in [0.5, 0.6) is 5.75 Å². The van der Waals surface area contributed by atoms with Gasteiger partial charge in [-0.25, -0.2) is 9.78 Å². The van der Waals surface area contributed by atoms with Gasteiger partial charge in [-0.15, -0.1) is 0 Å². The van der Waals surface area contributed by atoms with E-state index in [4.69, 9.17) is 4.74 Å². The number of benzene rings is 1. The predicted molar refractivity (Wildman–Crippen MR) is 98.6 cm³/mol. The van der Waals surface area contributed by atoms with Crippen LogP contribution in [0.1, 0.15) is 30.0 Å². The quantitative estimate of drug-likeness (QED) is 0.753. The van der Waals surface area contributed by atoms with E-state index in [1.54, 1.807) is 19.5 Å². The lowest BCUT2D eigenvalue weighted by atomic mass is 10.1. The molecule has 1 aliphatic carbocycles. The van der Waals surface area contributed by atoms with Gasteiger partial charge in [0.2, 0.25) is 0 Å². The minimum atomic E-state index is -0.242. The van der Waals surface area contributed by atoms with Crippen molar-refractivity contribution in [3.63, 3.8) is 0 Å². The van der Waals surface area contributed by atoms with Gasteiger partial charge in [0.05, 0.1) is 19.1 Å². The molecule has 0 bridgehead atoms. The number of nitrogens with one attached hydrogen (secondary N) is 2. The van der Waals surface area contributed by atoms with Crippen molar-refractivity contribution in [2.75, 3.05) is 20.2 Å². The molecule has 1 saturated carbocycles. The van der Waals surface area contributed by atoms with E-state index in [0.29, 0.717) is 25.6 Å². The van der Waals surface area contributed by atoms with Gasteiger partial charge in [-0.05, 0) is 37.0 Å². The van der Waals surface area contributed by atoms with Crippen molar-refractivity contribution in [2.24, 2.45) is 0 Å². The average molecular weight is 356 g/mol. The van der Waals surface area contributed by atoms with Crippen LogP contribution < -0.4 is 20.9 Å². The summed E-state index contributed by atoms with van der Waals surface area (Å²) in [4.78, 5) is 28.1. The second-order valence-corrected chi connectivity index (χ2v) is 6.40. The van der Waals surface area contributed by atoms with Crippen molar-refractivity contribution in [1.82, 2.24) is 20.2 Å². The number of nitrogens with zero attached hydrogens (tertiary/aromatic N) is 2. The number of carbonyl (C=O) groups excluding carboxylic acids is 1. The van der Waals surface area contributed by atoms with Crippen molar-refractivity contribution in [1.29, 1.82) is 0 Å². The molecule has 26 heavy (non-hydrogen) atoms. The van der Waals surface area contributed by atoms with Crippen LogP contribution in [0.25, 0.3) is 0 Å². The van der Waals surface area contributed by atoms with Crippen molar-refractivity contribution < 1.29 is 9.53 Å². The molecule has 1 aromatic carbocycles. The van der Waals surface area contributed by atoms with Crippen LogP contribution in [0.2, 0.25) is 0 Å². The summed E-state index contributed by atoms with van der Waals surface area (Å²) in [6.07, 6.45) is 4.55. The Bertz CT molecular complexity index is 797. The Morgan fingerprint density at radius 1 is 1.23 bits per heavy atom. The number of hydrogen-bond acceptors (Lipinski definition) is 4. The minimum Gasteiger partial charge on any atom is -0.497 e. The standard InChI is InChI=1S/C19H24N4O3/c1-26-16-6-2-14(3-7-16)8-9-20-19(25)21-10-11-23-13-22-17(12-18(23)24)15-4-5-15/h2-3,6-7,12-13,15H,4-5,8-11H2,1H3,(H2,20,21,25). The molecule has 1 fully saturated rings. The molecule has 0 aliphatic heterocycles. The summed E-state index contributed by atoms with van der Waals surface area (Å²) in [6, 6.07) is 9.11. The van der Waals surface area contributed by atoms with Gasteiger partial charge in [-0.3, -0.25) is 9.36 Å². The molecular weight excluding hydrogens is 332 g/mol. The van der Waals surface area contributed by atoms with Crippen molar-refractivity contribution in [3.8, 4) is 5.75 Å². The SMILES string of the molecule is COc1ccc(CCNC(=O)NCCn2cnc(C3CC3)cc2=O)cc1. The lowest BCUT2D eigenvalue weighted by Gasteiger charge is -2.09. The largest absolute Gasteiger partial charge is 0.497 e. The Morgan fingerprint density at radius 3 is 2.62 bits per heavy atom. The minimum absolute atomic E-state index is 0.0661. The lowest BCUT2D eigenvalue weighted by molar-refractivity contribution is 0.240. The summed E-state index contributed by atoms with van der Waals surface area (Å²) in [5, 5.41) is 5.56. The van der Waals surface area contributed by atoms with E-state index in [-0.39, 0.29) is 11.6 Å². The molecule has 3 rings (SSSR count). The predicted octanol–water partition coefficient (Wildman–Crippen LogP) is 1.67. The zero-order chi connectivity index (χ0) is 18.4. The maximum Gasteiger partial charge on any atom is 0.314 e. The molecule has 2 aromatic rings. The number of urea groups is 1. The third kappa shape index (κ3) is 5.08. The summed E-state index contributed by atoms with van der Waals surface area (Å²) < 4.78 is 6.63. The highest BCUT2D eigenvalue weighted by molar-refractivity contribution is 5.73. The summed E-state index contributed by atoms with van der Waals surface area (Å²) in [5.74, 6) is 1.28. The summed E-state index contributed by atoms with van der Waals surface area (Å²) in [5.41, 5.74) is 1.94. The molecule has 2 N–H and O–H groups in total. The van der Waals surface area contributed by atoms with Crippen molar-refractivity contribution in [3.05, 3.63) is 58.3 Å². The number of ether oxygens (including phenoxy) is 1. The van der Waals surface area contributed by atoms with Gasteiger partial charge < -0.3 is 15.4 Å². The zero-order valence-corrected chi connectivity index (χ0v) is 14.9. The van der Waals surface area contributed by atoms with Crippen LogP contribution >= 0.6 is 0 Å². The summed E-state index contributed by atoms with van der Waals surface area (Å²) in [7, 11) is 1.63. The van der Waals surface area contributed by atoms with E-state index < -0.39 is 0 Å². The topological polar surface area (TPSA) is 85.2 Å². The number of aromatic nitrogens is 2. The van der Waals surface area contributed by atoms with Gasteiger partial charge in [0.1, 0.15) is 5.75 Å². The highest BCUT2D eigenvalue weighted by Crippen LogP contribution is 2.38. The maximum absolute atomic E-state index is 12.0. The molecule has 7 nitrogen and oxygen atoms in total. The van der Waals surface area contributed by atoms with Crippen LogP contribution in [0.4, 0.5) is 4.79 Å². The maximum atomic E-state index is 12.0. The molecule has 0 spiro atoms. The van der Waals surface area contributed by atoms with Crippen LogP contribution in [0.15, 0.2) is 41.5 Å². The van der Waals surface area contributed by atoms with Crippen LogP contribution in [-0.2, 0) is 13.0 Å². The first-order chi connectivity index (χ1) is 12.7. The third-order valence-electron chi connectivity index (χ3n) is 4.39. The van der Waals surface area contributed by atoms with E-state index in [2.05, 4.69) is 15.6 Å². The molecule has 0 radical (unpaired) electrons. The summed E-state index contributed by atoms with van der Waals surface area (Å²) >= 11 is 0. The van der Waals surface area contributed by atoms with E-state index in [1.807, 2.05) is 24.3 Å². The Balaban J connectivity index is 1.35. The van der Waals surface area contributed by atoms with Gasteiger partial charge in [0.25, 0.3) is 5.56 Å². The first-order valence-electron chi connectivity index (χ1n) is 8.87. The first kappa shape index (κ1) is 18.0. The van der Waals surface area contributed by atoms with Gasteiger partial charge in [0, 0.05) is 31.6 Å². The second-order valence-electron chi connectivity index (χ2n) is 6.40. The van der Waals surface area contributed by atoms with E-state index in [1.165, 1.54) is 4.57 Å². The molecular formula is C19H24N4O3. The highest BCUT2D eigenvalue weighted by Gasteiger charge is 2.25. The fraction of sp³-hybridized carbons (Fsp3) is 0.421. The molecule has 7 heteroatoms. The van der Waals surface area contributed by atoms with Crippen molar-refractivity contribution in [2.45, 2.75) is 31.7 Å². The molecule has 1 aliphatic rings. The monoisotopic (exact) mass is 356 g/mol. The zero-order valence-electron chi connectivity index (χ0n) is 14.9. The van der Waals surface area contributed by atoms with Gasteiger partial charge in [-0.1, -0.05) is 12.1 Å². The van der Waals surface area contributed by atoms with Gasteiger partial charge in [0.15, 0.2) is 0 Å². The molecule has 138 valence electrons. The van der Waals surface area contributed by atoms with E-state index >= 15 is 0 Å². The van der Waals surface area contributed by atoms with Gasteiger partial charge >= 0.3 is 6.03 Å². The Labute approximate surface area is 152 Å². The number of methoxy groups -OCH3 is 1. The molecule has 0 unspecified atom stereocenters. The summed E-state index contributed by atoms with van der Waals surface area (Å²) in [6.45, 7) is 1.32. The second kappa shape index (κ2) is 8.51. The Kier molecular flexibility index (Phi) is 5.88. The van der Waals surface area contributed by atoms with Crippen molar-refractivity contribution >= 4 is 6.03 Å². The fourth-order valence-corrected chi connectivity index (χ4v) is 2.68. The first-order valence-corrected chi connectivity index (χ1v) is 8.87.